The van der Waals surface area contributed by atoms with E-state index in [9.17, 15) is 22.8 Å². The number of fused-ring (bicyclic) bond motifs is 2. The zero-order valence-electron chi connectivity index (χ0n) is 24.5. The van der Waals surface area contributed by atoms with Gasteiger partial charge >= 0.3 is 5.97 Å². The molecular formula is C33H31N5O7S. The largest absolute Gasteiger partial charge is 0.481 e. The minimum absolute atomic E-state index is 0.00181. The Morgan fingerprint density at radius 1 is 0.891 bits per heavy atom. The highest BCUT2D eigenvalue weighted by atomic mass is 32.2. The van der Waals surface area contributed by atoms with Crippen LogP contribution in [0.1, 0.15) is 24.0 Å². The van der Waals surface area contributed by atoms with Gasteiger partial charge < -0.3 is 20.1 Å². The molecule has 0 bridgehead atoms. The van der Waals surface area contributed by atoms with Crippen molar-refractivity contribution in [1.82, 2.24) is 14.7 Å². The Bertz CT molecular complexity index is 1910. The fraction of sp³-hybridized carbons (Fsp3) is 0.152. The summed E-state index contributed by atoms with van der Waals surface area (Å²) in [6.07, 6.45) is -0.806. The van der Waals surface area contributed by atoms with Crippen molar-refractivity contribution in [1.29, 1.82) is 0 Å². The fourth-order valence-electron chi connectivity index (χ4n) is 4.56. The van der Waals surface area contributed by atoms with Gasteiger partial charge in [-0.1, -0.05) is 66.7 Å². The average Bonchev–Trinajstić information content (AvgIpc) is 3.46. The van der Waals surface area contributed by atoms with Gasteiger partial charge in [0.15, 0.2) is 6.10 Å². The smallest absolute Gasteiger partial charge is 0.303 e. The molecule has 0 fully saturated rings. The van der Waals surface area contributed by atoms with E-state index in [2.05, 4.69) is 25.3 Å². The van der Waals surface area contributed by atoms with Crippen LogP contribution in [0.4, 0.5) is 11.6 Å². The van der Waals surface area contributed by atoms with Crippen LogP contribution in [-0.4, -0.2) is 47.4 Å². The number of amides is 2. The summed E-state index contributed by atoms with van der Waals surface area (Å²) < 4.78 is 32.0. The summed E-state index contributed by atoms with van der Waals surface area (Å²) in [5, 5.41) is 14.1. The van der Waals surface area contributed by atoms with Crippen LogP contribution >= 0.6 is 0 Å². The van der Waals surface area contributed by atoms with Crippen molar-refractivity contribution < 1.29 is 32.6 Å². The third-order valence-electron chi connectivity index (χ3n) is 6.87. The number of sulfonamides is 1. The van der Waals surface area contributed by atoms with Gasteiger partial charge in [-0.2, -0.15) is 0 Å². The lowest BCUT2D eigenvalue weighted by Crippen LogP contribution is -2.39. The van der Waals surface area contributed by atoms with Crippen LogP contribution < -0.4 is 20.1 Å². The Morgan fingerprint density at radius 3 is 2.30 bits per heavy atom. The summed E-state index contributed by atoms with van der Waals surface area (Å²) in [4.78, 5) is 42.9. The van der Waals surface area contributed by atoms with Crippen LogP contribution in [0.2, 0.25) is 0 Å². The minimum atomic E-state index is -3.41. The van der Waals surface area contributed by atoms with Gasteiger partial charge in [-0.05, 0) is 53.9 Å². The first-order valence-electron chi connectivity index (χ1n) is 14.3. The summed E-state index contributed by atoms with van der Waals surface area (Å²) in [6, 6.07) is 30.2. The quantitative estimate of drug-likeness (QED) is 0.148. The molecule has 46 heavy (non-hydrogen) atoms. The number of aromatic amines is 1. The van der Waals surface area contributed by atoms with E-state index in [1.54, 1.807) is 48.5 Å². The SMILES string of the molecule is O=C(O)CCc1ccc2c(c1)NC(=O)[C@H](CC(=O)Nc1nc3ccccc3[nH]1)O2.O=S(=O)(NCc1ccccc1)c1ccccc1. The number of rotatable bonds is 10. The predicted molar refractivity (Wildman–Crippen MR) is 172 cm³/mol. The first-order valence-corrected chi connectivity index (χ1v) is 15.8. The van der Waals surface area contributed by atoms with Crippen LogP contribution in [-0.2, 0) is 37.4 Å². The molecule has 6 rings (SSSR count). The van der Waals surface area contributed by atoms with E-state index in [0.717, 1.165) is 22.2 Å². The van der Waals surface area contributed by atoms with Crippen LogP contribution in [0, 0.1) is 0 Å². The number of nitrogens with zero attached hydrogens (tertiary/aromatic N) is 1. The summed E-state index contributed by atoms with van der Waals surface area (Å²) in [5.74, 6) is -1.00. The molecule has 0 unspecified atom stereocenters. The predicted octanol–water partition coefficient (Wildman–Crippen LogP) is 4.47. The monoisotopic (exact) mass is 641 g/mol. The number of anilines is 2. The number of aryl methyl sites for hydroxylation is 1. The number of imidazole rings is 1. The first-order chi connectivity index (χ1) is 22.2. The third-order valence-corrected chi connectivity index (χ3v) is 8.29. The lowest BCUT2D eigenvalue weighted by atomic mass is 10.1. The van der Waals surface area contributed by atoms with E-state index in [0.29, 0.717) is 30.4 Å². The standard InChI is InChI=1S/C20H18N4O5.C13H13NO2S/c25-17(24-20-22-12-3-1-2-4-13(12)23-20)10-16-19(28)21-14-9-11(6-8-18(26)27)5-7-15(14)29-16;15-17(16,13-9-5-2-6-10-13)14-11-12-7-3-1-4-8-12/h1-5,7,9,16H,6,8,10H2,(H,21,28)(H,26,27)(H2,22,23,24,25);1-10,14H,11H2/t16-;/m0./s1. The lowest BCUT2D eigenvalue weighted by molar-refractivity contribution is -0.137. The Morgan fingerprint density at radius 2 is 1.59 bits per heavy atom. The molecule has 12 nitrogen and oxygen atoms in total. The molecule has 0 saturated carbocycles. The highest BCUT2D eigenvalue weighted by Gasteiger charge is 2.30. The van der Waals surface area contributed by atoms with E-state index in [4.69, 9.17) is 9.84 Å². The van der Waals surface area contributed by atoms with Crippen LogP contribution in [0.15, 0.2) is 108 Å². The molecule has 13 heteroatoms. The highest BCUT2D eigenvalue weighted by Crippen LogP contribution is 2.31. The number of carboxylic acid groups (broad SMARTS) is 1. The summed E-state index contributed by atoms with van der Waals surface area (Å²) in [5.41, 5.74) is 3.69. The molecule has 5 N–H and O–H groups in total. The van der Waals surface area contributed by atoms with Gasteiger partial charge in [0.05, 0.1) is 28.0 Å². The summed E-state index contributed by atoms with van der Waals surface area (Å²) in [7, 11) is -3.41. The Balaban J connectivity index is 0.000000209. The molecule has 0 aliphatic carbocycles. The van der Waals surface area contributed by atoms with Crippen molar-refractivity contribution in [2.45, 2.75) is 36.8 Å². The first kappa shape index (κ1) is 31.9. The molecule has 2 amide bonds. The molecule has 1 atom stereocenters. The van der Waals surface area contributed by atoms with Gasteiger partial charge in [-0.25, -0.2) is 18.1 Å². The second kappa shape index (κ2) is 14.5. The fourth-order valence-corrected chi connectivity index (χ4v) is 5.60. The van der Waals surface area contributed by atoms with Crippen molar-refractivity contribution in [2.24, 2.45) is 0 Å². The van der Waals surface area contributed by atoms with Gasteiger partial charge in [0.25, 0.3) is 5.91 Å². The average molecular weight is 642 g/mol. The number of carbonyl (C=O) groups is 3. The Labute approximate surface area is 264 Å². The zero-order valence-corrected chi connectivity index (χ0v) is 25.3. The molecule has 2 heterocycles. The molecule has 4 aromatic carbocycles. The Hall–Kier alpha value is -5.53. The number of hydrogen-bond donors (Lipinski definition) is 5. The number of hydrogen-bond acceptors (Lipinski definition) is 7. The van der Waals surface area contributed by atoms with E-state index < -0.39 is 33.9 Å². The van der Waals surface area contributed by atoms with E-state index in [1.807, 2.05) is 54.6 Å². The number of ether oxygens (including phenoxy) is 1. The summed E-state index contributed by atoms with van der Waals surface area (Å²) >= 11 is 0. The lowest BCUT2D eigenvalue weighted by Gasteiger charge is -2.25. The van der Waals surface area contributed by atoms with Crippen molar-refractivity contribution >= 4 is 50.5 Å². The molecule has 1 aliphatic rings. The third kappa shape index (κ3) is 8.55. The zero-order chi connectivity index (χ0) is 32.5. The van der Waals surface area contributed by atoms with Crippen molar-refractivity contribution in [2.75, 3.05) is 10.6 Å². The molecule has 1 aliphatic heterocycles. The molecule has 5 aromatic rings. The molecule has 0 spiro atoms. The van der Waals surface area contributed by atoms with Crippen LogP contribution in [0.25, 0.3) is 11.0 Å². The van der Waals surface area contributed by atoms with Gasteiger partial charge in [-0.3, -0.25) is 19.7 Å². The molecular weight excluding hydrogens is 610 g/mol. The number of para-hydroxylation sites is 2. The highest BCUT2D eigenvalue weighted by molar-refractivity contribution is 7.89. The van der Waals surface area contributed by atoms with E-state index in [-0.39, 0.29) is 17.7 Å². The number of carboxylic acids is 1. The van der Waals surface area contributed by atoms with Gasteiger partial charge in [0.2, 0.25) is 21.9 Å². The Kier molecular flexibility index (Phi) is 10.0. The number of aliphatic carboxylic acids is 1. The second-order valence-corrected chi connectivity index (χ2v) is 12.1. The number of nitrogens with one attached hydrogen (secondary N) is 4. The van der Waals surface area contributed by atoms with Crippen LogP contribution in [0.5, 0.6) is 5.75 Å². The maximum Gasteiger partial charge on any atom is 0.303 e. The van der Waals surface area contributed by atoms with E-state index in [1.165, 1.54) is 0 Å². The minimum Gasteiger partial charge on any atom is -0.481 e. The van der Waals surface area contributed by atoms with Gasteiger partial charge in [-0.15, -0.1) is 0 Å². The number of benzene rings is 4. The van der Waals surface area contributed by atoms with Crippen LogP contribution in [0.3, 0.4) is 0 Å². The molecule has 0 saturated heterocycles. The van der Waals surface area contributed by atoms with Crippen molar-refractivity contribution in [3.05, 3.63) is 114 Å². The number of H-pyrrole nitrogens is 1. The number of aromatic nitrogens is 2. The van der Waals surface area contributed by atoms with Crippen molar-refractivity contribution in [3.8, 4) is 5.75 Å². The normalized spacial score (nSPS) is 13.8. The van der Waals surface area contributed by atoms with E-state index >= 15 is 0 Å². The topological polar surface area (TPSA) is 180 Å². The van der Waals surface area contributed by atoms with Crippen molar-refractivity contribution in [3.63, 3.8) is 0 Å². The van der Waals surface area contributed by atoms with Gasteiger partial charge in [0.1, 0.15) is 5.75 Å². The maximum atomic E-state index is 12.3. The number of carbonyl (C=O) groups excluding carboxylic acids is 2. The molecule has 1 aromatic heterocycles. The van der Waals surface area contributed by atoms with Gasteiger partial charge in [0, 0.05) is 13.0 Å². The molecule has 236 valence electrons. The molecule has 0 radical (unpaired) electrons. The summed E-state index contributed by atoms with van der Waals surface area (Å²) in [6.45, 7) is 0.304. The second-order valence-electron chi connectivity index (χ2n) is 10.3. The maximum absolute atomic E-state index is 12.3.